The minimum absolute atomic E-state index is 0.0735. The lowest BCUT2D eigenvalue weighted by molar-refractivity contribution is 0.0761. The van der Waals surface area contributed by atoms with E-state index < -0.39 is 0 Å². The maximum atomic E-state index is 13.4. The third-order valence-electron chi connectivity index (χ3n) is 4.19. The van der Waals surface area contributed by atoms with E-state index in [9.17, 15) is 9.18 Å². The molecule has 1 saturated heterocycles. The molecule has 1 aliphatic rings. The van der Waals surface area contributed by atoms with E-state index in [0.717, 1.165) is 28.3 Å². The predicted molar refractivity (Wildman–Crippen MR) is 94.3 cm³/mol. The Hall–Kier alpha value is -2.61. The summed E-state index contributed by atoms with van der Waals surface area (Å²) in [5.41, 5.74) is 1.22. The molecule has 8 heteroatoms. The Bertz CT molecular complexity index is 900. The molecule has 1 aromatic carbocycles. The number of nitrogens with zero attached hydrogens (tertiary/aromatic N) is 5. The molecule has 25 heavy (non-hydrogen) atoms. The zero-order chi connectivity index (χ0) is 17.2. The van der Waals surface area contributed by atoms with Crippen molar-refractivity contribution in [2.24, 2.45) is 0 Å². The number of carbonyl (C=O) groups excluding carboxylic acids is 1. The molecule has 4 rings (SSSR count). The van der Waals surface area contributed by atoms with Crippen LogP contribution >= 0.6 is 11.3 Å². The van der Waals surface area contributed by atoms with E-state index in [4.69, 9.17) is 0 Å². The Morgan fingerprint density at radius 1 is 1.16 bits per heavy atom. The molecule has 0 radical (unpaired) electrons. The standard InChI is InChI=1S/C17H16FN5OS/c18-12-2-3-13-15(10-12)25-17(21-13)23-7-1-6-22(8-9-23)16(24)14-4-5-19-11-20-14/h2-5,10-11H,1,6-9H2. The van der Waals surface area contributed by atoms with Gasteiger partial charge in [-0.25, -0.2) is 19.3 Å². The number of hydrogen-bond donors (Lipinski definition) is 0. The van der Waals surface area contributed by atoms with Gasteiger partial charge in [0.05, 0.1) is 10.2 Å². The van der Waals surface area contributed by atoms with Gasteiger partial charge in [0.2, 0.25) is 0 Å². The van der Waals surface area contributed by atoms with Gasteiger partial charge in [0.15, 0.2) is 5.13 Å². The van der Waals surface area contributed by atoms with Gasteiger partial charge in [-0.1, -0.05) is 11.3 Å². The maximum Gasteiger partial charge on any atom is 0.272 e. The molecule has 0 unspecified atom stereocenters. The van der Waals surface area contributed by atoms with Gasteiger partial charge < -0.3 is 9.80 Å². The number of aromatic nitrogens is 3. The van der Waals surface area contributed by atoms with E-state index in [1.165, 1.54) is 29.8 Å². The number of benzene rings is 1. The van der Waals surface area contributed by atoms with Crippen molar-refractivity contribution >= 4 is 32.6 Å². The largest absolute Gasteiger partial charge is 0.346 e. The average molecular weight is 357 g/mol. The molecule has 0 saturated carbocycles. The molecule has 3 heterocycles. The third kappa shape index (κ3) is 3.30. The SMILES string of the molecule is O=C(c1ccncn1)N1CCCN(c2nc3ccc(F)cc3s2)CC1. The number of thiazole rings is 1. The van der Waals surface area contributed by atoms with Gasteiger partial charge in [0, 0.05) is 32.4 Å². The normalized spacial score (nSPS) is 15.4. The van der Waals surface area contributed by atoms with Crippen LogP contribution in [0.25, 0.3) is 10.2 Å². The Morgan fingerprint density at radius 2 is 2.08 bits per heavy atom. The van der Waals surface area contributed by atoms with Crippen molar-refractivity contribution in [3.63, 3.8) is 0 Å². The molecule has 0 N–H and O–H groups in total. The zero-order valence-electron chi connectivity index (χ0n) is 13.4. The number of carbonyl (C=O) groups is 1. The Morgan fingerprint density at radius 3 is 2.92 bits per heavy atom. The van der Waals surface area contributed by atoms with Crippen molar-refractivity contribution in [3.8, 4) is 0 Å². The quantitative estimate of drug-likeness (QED) is 0.705. The minimum atomic E-state index is -0.250. The summed E-state index contributed by atoms with van der Waals surface area (Å²) >= 11 is 1.48. The lowest BCUT2D eigenvalue weighted by Gasteiger charge is -2.21. The van der Waals surface area contributed by atoms with Gasteiger partial charge in [-0.2, -0.15) is 0 Å². The van der Waals surface area contributed by atoms with Crippen molar-refractivity contribution in [1.82, 2.24) is 19.9 Å². The van der Waals surface area contributed by atoms with Crippen LogP contribution in [0.5, 0.6) is 0 Å². The number of rotatable bonds is 2. The molecule has 0 bridgehead atoms. The van der Waals surface area contributed by atoms with Crippen LogP contribution in [-0.2, 0) is 0 Å². The molecule has 0 atom stereocenters. The number of fused-ring (bicyclic) bond motifs is 1. The summed E-state index contributed by atoms with van der Waals surface area (Å²) in [6, 6.07) is 6.27. The highest BCUT2D eigenvalue weighted by Crippen LogP contribution is 2.29. The van der Waals surface area contributed by atoms with E-state index in [2.05, 4.69) is 19.9 Å². The van der Waals surface area contributed by atoms with Crippen LogP contribution in [-0.4, -0.2) is 51.9 Å². The lowest BCUT2D eigenvalue weighted by atomic mass is 10.3. The predicted octanol–water partition coefficient (Wildman–Crippen LogP) is 2.58. The van der Waals surface area contributed by atoms with Crippen LogP contribution in [0, 0.1) is 5.82 Å². The minimum Gasteiger partial charge on any atom is -0.346 e. The zero-order valence-corrected chi connectivity index (χ0v) is 14.2. The average Bonchev–Trinajstić information content (AvgIpc) is 2.89. The first-order chi connectivity index (χ1) is 12.2. The van der Waals surface area contributed by atoms with Crippen LogP contribution in [0.2, 0.25) is 0 Å². The smallest absolute Gasteiger partial charge is 0.272 e. The lowest BCUT2D eigenvalue weighted by Crippen LogP contribution is -2.35. The van der Waals surface area contributed by atoms with Crippen LogP contribution in [0.4, 0.5) is 9.52 Å². The molecular formula is C17H16FN5OS. The van der Waals surface area contributed by atoms with Crippen LogP contribution in [0.15, 0.2) is 36.8 Å². The van der Waals surface area contributed by atoms with Gasteiger partial charge in [0.25, 0.3) is 5.91 Å². The first kappa shape index (κ1) is 15.9. The molecule has 3 aromatic rings. The van der Waals surface area contributed by atoms with Crippen LogP contribution in [0.1, 0.15) is 16.9 Å². The van der Waals surface area contributed by atoms with Gasteiger partial charge in [-0.15, -0.1) is 0 Å². The Labute approximate surface area is 148 Å². The third-order valence-corrected chi connectivity index (χ3v) is 5.27. The van der Waals surface area contributed by atoms with Gasteiger partial charge in [-0.05, 0) is 30.7 Å². The van der Waals surface area contributed by atoms with E-state index in [0.29, 0.717) is 25.3 Å². The summed E-state index contributed by atoms with van der Waals surface area (Å²) in [5.74, 6) is -0.323. The van der Waals surface area contributed by atoms with Crippen molar-refractivity contribution in [2.75, 3.05) is 31.1 Å². The fourth-order valence-corrected chi connectivity index (χ4v) is 3.95. The number of hydrogen-bond acceptors (Lipinski definition) is 6. The highest BCUT2D eigenvalue weighted by molar-refractivity contribution is 7.22. The molecule has 1 amide bonds. The van der Waals surface area contributed by atoms with E-state index in [-0.39, 0.29) is 11.7 Å². The van der Waals surface area contributed by atoms with Gasteiger partial charge >= 0.3 is 0 Å². The first-order valence-electron chi connectivity index (χ1n) is 8.07. The molecule has 2 aromatic heterocycles. The summed E-state index contributed by atoms with van der Waals surface area (Å²) < 4.78 is 14.2. The summed E-state index contributed by atoms with van der Waals surface area (Å²) in [5, 5.41) is 0.872. The molecule has 128 valence electrons. The van der Waals surface area contributed by atoms with Crippen LogP contribution in [0.3, 0.4) is 0 Å². The second kappa shape index (κ2) is 6.72. The topological polar surface area (TPSA) is 62.2 Å². The fourth-order valence-electron chi connectivity index (χ4n) is 2.91. The number of halogens is 1. The second-order valence-electron chi connectivity index (χ2n) is 5.84. The number of amides is 1. The van der Waals surface area contributed by atoms with E-state index in [1.54, 1.807) is 18.3 Å². The molecule has 0 aliphatic carbocycles. The highest BCUT2D eigenvalue weighted by Gasteiger charge is 2.22. The molecule has 1 aliphatic heterocycles. The van der Waals surface area contributed by atoms with Crippen molar-refractivity contribution < 1.29 is 9.18 Å². The maximum absolute atomic E-state index is 13.4. The first-order valence-corrected chi connectivity index (χ1v) is 8.89. The number of anilines is 1. The van der Waals surface area contributed by atoms with Crippen molar-refractivity contribution in [2.45, 2.75) is 6.42 Å². The second-order valence-corrected chi connectivity index (χ2v) is 6.85. The summed E-state index contributed by atoms with van der Waals surface area (Å²) in [7, 11) is 0. The van der Waals surface area contributed by atoms with Crippen molar-refractivity contribution in [3.05, 3.63) is 48.3 Å². The summed E-state index contributed by atoms with van der Waals surface area (Å²) in [6.45, 7) is 2.79. The Balaban J connectivity index is 1.49. The van der Waals surface area contributed by atoms with Crippen LogP contribution < -0.4 is 4.90 Å². The Kier molecular flexibility index (Phi) is 4.27. The van der Waals surface area contributed by atoms with Crippen molar-refractivity contribution in [1.29, 1.82) is 0 Å². The van der Waals surface area contributed by atoms with E-state index in [1.807, 2.05) is 4.90 Å². The molecule has 1 fully saturated rings. The monoisotopic (exact) mass is 357 g/mol. The fraction of sp³-hybridized carbons (Fsp3) is 0.294. The van der Waals surface area contributed by atoms with Gasteiger partial charge in [-0.3, -0.25) is 4.79 Å². The van der Waals surface area contributed by atoms with E-state index >= 15 is 0 Å². The molecule has 0 spiro atoms. The molecular weight excluding hydrogens is 341 g/mol. The summed E-state index contributed by atoms with van der Waals surface area (Å²) in [4.78, 5) is 29.0. The van der Waals surface area contributed by atoms with Gasteiger partial charge in [0.1, 0.15) is 17.8 Å². The highest BCUT2D eigenvalue weighted by atomic mass is 32.1. The molecule has 6 nitrogen and oxygen atoms in total. The summed E-state index contributed by atoms with van der Waals surface area (Å²) in [6.07, 6.45) is 3.81.